The number of nitrogens with zero attached hydrogens (tertiary/aromatic N) is 2. The lowest BCUT2D eigenvalue weighted by molar-refractivity contribution is 0.340. The highest BCUT2D eigenvalue weighted by Crippen LogP contribution is 2.17. The molecule has 0 unspecified atom stereocenters. The fourth-order valence-electron chi connectivity index (χ4n) is 2.90. The summed E-state index contributed by atoms with van der Waals surface area (Å²) in [5, 5.41) is 10.9. The van der Waals surface area contributed by atoms with Gasteiger partial charge in [-0.15, -0.1) is 0 Å². The molecule has 0 radical (unpaired) electrons. The molecule has 1 aromatic heterocycles. The van der Waals surface area contributed by atoms with Gasteiger partial charge in [0.25, 0.3) is 0 Å². The summed E-state index contributed by atoms with van der Waals surface area (Å²) in [4.78, 5) is 4.72. The lowest BCUT2D eigenvalue weighted by Crippen LogP contribution is -2.38. The van der Waals surface area contributed by atoms with Gasteiger partial charge in [-0.1, -0.05) is 31.1 Å². The third kappa shape index (κ3) is 6.31. The second-order valence-electron chi connectivity index (χ2n) is 6.19. The molecule has 0 aliphatic heterocycles. The number of rotatable bonds is 10. The van der Waals surface area contributed by atoms with Gasteiger partial charge in [0.15, 0.2) is 5.96 Å². The summed E-state index contributed by atoms with van der Waals surface area (Å²) in [5.74, 6) is 2.66. The lowest BCUT2D eigenvalue weighted by Gasteiger charge is -2.12. The van der Waals surface area contributed by atoms with Gasteiger partial charge in [0, 0.05) is 25.1 Å². The van der Waals surface area contributed by atoms with Crippen molar-refractivity contribution in [3.8, 4) is 5.75 Å². The molecule has 0 bridgehead atoms. The van der Waals surface area contributed by atoms with Crippen LogP contribution in [0.2, 0.25) is 0 Å². The average molecular weight is 373 g/mol. The first-order chi connectivity index (χ1) is 13.2. The van der Waals surface area contributed by atoms with Crippen LogP contribution in [0.3, 0.4) is 0 Å². The van der Waals surface area contributed by atoms with Crippen molar-refractivity contribution in [2.75, 3.05) is 19.7 Å². The van der Waals surface area contributed by atoms with E-state index in [0.29, 0.717) is 13.2 Å². The van der Waals surface area contributed by atoms with Gasteiger partial charge in [-0.05, 0) is 44.4 Å². The SMILES string of the molecule is CCNC(=NCc1c(CC)noc1CC)NCCc1cccc(OCC)c1. The number of aliphatic imine (C=N–C) groups is 1. The average Bonchev–Trinajstić information content (AvgIpc) is 3.08. The van der Waals surface area contributed by atoms with Gasteiger partial charge < -0.3 is 19.9 Å². The molecule has 0 aliphatic rings. The first kappa shape index (κ1) is 20.8. The van der Waals surface area contributed by atoms with Crippen molar-refractivity contribution < 1.29 is 9.26 Å². The summed E-state index contributed by atoms with van der Waals surface area (Å²) in [6.07, 6.45) is 2.59. The van der Waals surface area contributed by atoms with Gasteiger partial charge in [0.2, 0.25) is 0 Å². The molecule has 2 N–H and O–H groups in total. The Morgan fingerprint density at radius 2 is 2.00 bits per heavy atom. The van der Waals surface area contributed by atoms with Gasteiger partial charge in [-0.2, -0.15) is 0 Å². The summed E-state index contributed by atoms with van der Waals surface area (Å²) in [7, 11) is 0. The van der Waals surface area contributed by atoms with Crippen molar-refractivity contribution in [1.82, 2.24) is 15.8 Å². The first-order valence-electron chi connectivity index (χ1n) is 9.91. The summed E-state index contributed by atoms with van der Waals surface area (Å²) >= 11 is 0. The van der Waals surface area contributed by atoms with E-state index in [1.54, 1.807) is 0 Å². The van der Waals surface area contributed by atoms with Crippen LogP contribution in [0.15, 0.2) is 33.8 Å². The molecular weight excluding hydrogens is 340 g/mol. The smallest absolute Gasteiger partial charge is 0.191 e. The highest BCUT2D eigenvalue weighted by atomic mass is 16.5. The van der Waals surface area contributed by atoms with Crippen LogP contribution in [0, 0.1) is 0 Å². The molecule has 0 spiro atoms. The number of nitrogens with one attached hydrogen (secondary N) is 2. The van der Waals surface area contributed by atoms with Crippen molar-refractivity contribution in [3.05, 3.63) is 46.8 Å². The van der Waals surface area contributed by atoms with E-state index in [1.165, 1.54) is 5.56 Å². The molecule has 0 aliphatic carbocycles. The summed E-state index contributed by atoms with van der Waals surface area (Å²) in [5.41, 5.74) is 3.35. The quantitative estimate of drug-likeness (QED) is 0.493. The molecule has 0 amide bonds. The minimum absolute atomic E-state index is 0.574. The number of benzene rings is 1. The van der Waals surface area contributed by atoms with Gasteiger partial charge in [0.1, 0.15) is 11.5 Å². The Hall–Kier alpha value is -2.50. The van der Waals surface area contributed by atoms with E-state index in [1.807, 2.05) is 19.1 Å². The zero-order valence-electron chi connectivity index (χ0n) is 17.0. The van der Waals surface area contributed by atoms with Crippen molar-refractivity contribution in [2.45, 2.75) is 53.5 Å². The predicted molar refractivity (Wildman–Crippen MR) is 109 cm³/mol. The predicted octanol–water partition coefficient (Wildman–Crippen LogP) is 3.50. The van der Waals surface area contributed by atoms with Crippen LogP contribution in [0.5, 0.6) is 5.75 Å². The Morgan fingerprint density at radius 3 is 2.70 bits per heavy atom. The Morgan fingerprint density at radius 1 is 1.15 bits per heavy atom. The number of hydrogen-bond acceptors (Lipinski definition) is 4. The zero-order chi connectivity index (χ0) is 19.5. The molecule has 6 heteroatoms. The van der Waals surface area contributed by atoms with Gasteiger partial charge in [-0.25, -0.2) is 4.99 Å². The van der Waals surface area contributed by atoms with Gasteiger partial charge in [0.05, 0.1) is 18.8 Å². The molecule has 2 aromatic rings. The normalized spacial score (nSPS) is 11.5. The van der Waals surface area contributed by atoms with E-state index < -0.39 is 0 Å². The van der Waals surface area contributed by atoms with Crippen LogP contribution in [0.1, 0.15) is 50.3 Å². The highest BCUT2D eigenvalue weighted by Gasteiger charge is 2.13. The fourth-order valence-corrected chi connectivity index (χ4v) is 2.90. The van der Waals surface area contributed by atoms with E-state index >= 15 is 0 Å². The number of guanidine groups is 1. The molecular formula is C21H32N4O2. The monoisotopic (exact) mass is 372 g/mol. The maximum Gasteiger partial charge on any atom is 0.191 e. The van der Waals surface area contributed by atoms with Crippen LogP contribution in [-0.2, 0) is 25.8 Å². The van der Waals surface area contributed by atoms with E-state index in [2.05, 4.69) is 48.7 Å². The Bertz CT molecular complexity index is 703. The van der Waals surface area contributed by atoms with Crippen molar-refractivity contribution >= 4 is 5.96 Å². The first-order valence-corrected chi connectivity index (χ1v) is 9.91. The van der Waals surface area contributed by atoms with Crippen molar-refractivity contribution in [3.63, 3.8) is 0 Å². The van der Waals surface area contributed by atoms with Crippen LogP contribution >= 0.6 is 0 Å². The van der Waals surface area contributed by atoms with E-state index in [9.17, 15) is 0 Å². The zero-order valence-corrected chi connectivity index (χ0v) is 17.0. The second-order valence-corrected chi connectivity index (χ2v) is 6.19. The second kappa shape index (κ2) is 11.3. The Kier molecular flexibility index (Phi) is 8.68. The molecule has 27 heavy (non-hydrogen) atoms. The third-order valence-electron chi connectivity index (χ3n) is 4.26. The molecule has 0 saturated carbocycles. The number of aromatic nitrogens is 1. The molecule has 1 aromatic carbocycles. The largest absolute Gasteiger partial charge is 0.494 e. The van der Waals surface area contributed by atoms with Crippen molar-refractivity contribution in [1.29, 1.82) is 0 Å². The van der Waals surface area contributed by atoms with E-state index in [-0.39, 0.29) is 0 Å². The third-order valence-corrected chi connectivity index (χ3v) is 4.26. The maximum absolute atomic E-state index is 5.56. The summed E-state index contributed by atoms with van der Waals surface area (Å²) in [6.45, 7) is 11.1. The molecule has 1 heterocycles. The van der Waals surface area contributed by atoms with Crippen LogP contribution < -0.4 is 15.4 Å². The molecule has 148 valence electrons. The van der Waals surface area contributed by atoms with Crippen LogP contribution in [0.25, 0.3) is 0 Å². The summed E-state index contributed by atoms with van der Waals surface area (Å²) < 4.78 is 11.0. The minimum Gasteiger partial charge on any atom is -0.494 e. The molecule has 0 fully saturated rings. The standard InChI is InChI=1S/C21H32N4O2/c1-5-19-18(20(6-2)27-25-19)15-24-21(22-7-3)23-13-12-16-10-9-11-17(14-16)26-8-4/h9-11,14H,5-8,12-13,15H2,1-4H3,(H2,22,23,24). The molecule has 6 nitrogen and oxygen atoms in total. The van der Waals surface area contributed by atoms with E-state index in [4.69, 9.17) is 14.3 Å². The van der Waals surface area contributed by atoms with Gasteiger partial charge >= 0.3 is 0 Å². The highest BCUT2D eigenvalue weighted by molar-refractivity contribution is 5.79. The summed E-state index contributed by atoms with van der Waals surface area (Å²) in [6, 6.07) is 8.23. The van der Waals surface area contributed by atoms with Gasteiger partial charge in [-0.3, -0.25) is 0 Å². The minimum atomic E-state index is 0.574. The number of aryl methyl sites for hydroxylation is 2. The van der Waals surface area contributed by atoms with E-state index in [0.717, 1.165) is 61.1 Å². The number of ether oxygens (including phenoxy) is 1. The molecule has 2 rings (SSSR count). The number of hydrogen-bond donors (Lipinski definition) is 2. The maximum atomic E-state index is 5.56. The molecule has 0 atom stereocenters. The molecule has 0 saturated heterocycles. The lowest BCUT2D eigenvalue weighted by atomic mass is 10.1. The Balaban J connectivity index is 1.96. The topological polar surface area (TPSA) is 71.7 Å². The Labute approximate surface area is 162 Å². The van der Waals surface area contributed by atoms with Crippen LogP contribution in [0.4, 0.5) is 0 Å². The van der Waals surface area contributed by atoms with Crippen molar-refractivity contribution in [2.24, 2.45) is 4.99 Å². The van der Waals surface area contributed by atoms with Crippen LogP contribution in [-0.4, -0.2) is 30.8 Å². The fraction of sp³-hybridized carbons (Fsp3) is 0.524.